The number of para-hydroxylation sites is 1. The minimum absolute atomic E-state index is 0.0415. The predicted molar refractivity (Wildman–Crippen MR) is 71.0 cm³/mol. The number of rotatable bonds is 4. The minimum Gasteiger partial charge on any atom is -0.495 e. The second-order valence-electron chi connectivity index (χ2n) is 4.70. The maximum absolute atomic E-state index is 12.0. The first-order valence-electron chi connectivity index (χ1n) is 6.20. The van der Waals surface area contributed by atoms with Gasteiger partial charge in [0.25, 0.3) is 5.56 Å². The van der Waals surface area contributed by atoms with Gasteiger partial charge in [-0.05, 0) is 25.0 Å². The molecule has 0 unspecified atom stereocenters. The Labute approximate surface area is 105 Å². The van der Waals surface area contributed by atoms with Crippen LogP contribution in [-0.2, 0) is 6.54 Å². The van der Waals surface area contributed by atoms with E-state index in [1.165, 1.54) is 12.8 Å². The third-order valence-electron chi connectivity index (χ3n) is 3.30. The van der Waals surface area contributed by atoms with Crippen molar-refractivity contribution in [2.24, 2.45) is 0 Å². The van der Waals surface area contributed by atoms with Crippen molar-refractivity contribution >= 4 is 10.9 Å². The van der Waals surface area contributed by atoms with Crippen LogP contribution in [0.25, 0.3) is 10.9 Å². The molecule has 1 fully saturated rings. The second-order valence-corrected chi connectivity index (χ2v) is 4.70. The molecule has 4 nitrogen and oxygen atoms in total. The van der Waals surface area contributed by atoms with Gasteiger partial charge in [-0.2, -0.15) is 0 Å². The van der Waals surface area contributed by atoms with Crippen LogP contribution in [0.1, 0.15) is 18.4 Å². The number of H-pyrrole nitrogens is 1. The Kier molecular flexibility index (Phi) is 2.80. The van der Waals surface area contributed by atoms with Crippen LogP contribution in [0, 0.1) is 0 Å². The summed E-state index contributed by atoms with van der Waals surface area (Å²) in [5, 5.41) is 4.36. The summed E-state index contributed by atoms with van der Waals surface area (Å²) < 4.78 is 5.24. The molecule has 1 aromatic heterocycles. The lowest BCUT2D eigenvalue weighted by molar-refractivity contribution is 0.419. The Morgan fingerprint density at radius 1 is 1.44 bits per heavy atom. The van der Waals surface area contributed by atoms with Crippen molar-refractivity contribution in [1.29, 1.82) is 0 Å². The highest BCUT2D eigenvalue weighted by molar-refractivity contribution is 5.84. The SMILES string of the molecule is COc1cccc2cc(CNC3CC3)c(=O)[nH]c12. The highest BCUT2D eigenvalue weighted by Gasteiger charge is 2.20. The molecule has 0 amide bonds. The number of aromatic amines is 1. The van der Waals surface area contributed by atoms with Gasteiger partial charge in [-0.15, -0.1) is 0 Å². The summed E-state index contributed by atoms with van der Waals surface area (Å²) in [6, 6.07) is 8.30. The molecule has 0 saturated heterocycles. The van der Waals surface area contributed by atoms with Gasteiger partial charge >= 0.3 is 0 Å². The molecule has 1 heterocycles. The zero-order valence-electron chi connectivity index (χ0n) is 10.3. The number of hydrogen-bond acceptors (Lipinski definition) is 3. The zero-order chi connectivity index (χ0) is 12.5. The van der Waals surface area contributed by atoms with E-state index in [2.05, 4.69) is 10.3 Å². The van der Waals surface area contributed by atoms with Gasteiger partial charge in [-0.1, -0.05) is 12.1 Å². The molecule has 2 aromatic rings. The van der Waals surface area contributed by atoms with Crippen molar-refractivity contribution in [3.05, 3.63) is 40.2 Å². The van der Waals surface area contributed by atoms with Gasteiger partial charge < -0.3 is 15.0 Å². The van der Waals surface area contributed by atoms with Crippen molar-refractivity contribution in [2.75, 3.05) is 7.11 Å². The molecule has 0 bridgehead atoms. The molecule has 0 radical (unpaired) electrons. The maximum atomic E-state index is 12.0. The molecular formula is C14H16N2O2. The van der Waals surface area contributed by atoms with Gasteiger partial charge in [-0.25, -0.2) is 0 Å². The fraction of sp³-hybridized carbons (Fsp3) is 0.357. The first-order valence-corrected chi connectivity index (χ1v) is 6.20. The fourth-order valence-corrected chi connectivity index (χ4v) is 2.09. The summed E-state index contributed by atoms with van der Waals surface area (Å²) in [5.74, 6) is 0.700. The van der Waals surface area contributed by atoms with E-state index in [0.717, 1.165) is 16.5 Å². The van der Waals surface area contributed by atoms with Crippen LogP contribution in [0.2, 0.25) is 0 Å². The number of benzene rings is 1. The normalized spacial score (nSPS) is 14.9. The summed E-state index contributed by atoms with van der Waals surface area (Å²) in [4.78, 5) is 14.9. The maximum Gasteiger partial charge on any atom is 0.253 e. The number of aromatic nitrogens is 1. The van der Waals surface area contributed by atoms with Gasteiger partial charge in [0.15, 0.2) is 0 Å². The van der Waals surface area contributed by atoms with Crippen molar-refractivity contribution < 1.29 is 4.74 Å². The average molecular weight is 244 g/mol. The van der Waals surface area contributed by atoms with Crippen molar-refractivity contribution in [3.8, 4) is 5.75 Å². The van der Waals surface area contributed by atoms with E-state index in [1.807, 2.05) is 24.3 Å². The van der Waals surface area contributed by atoms with Crippen LogP contribution in [0.15, 0.2) is 29.1 Å². The molecule has 1 aromatic carbocycles. The van der Waals surface area contributed by atoms with Gasteiger partial charge in [0, 0.05) is 23.5 Å². The molecule has 0 atom stereocenters. The topological polar surface area (TPSA) is 54.1 Å². The number of fused-ring (bicyclic) bond motifs is 1. The molecule has 94 valence electrons. The Bertz CT molecular complexity index is 629. The van der Waals surface area contributed by atoms with Crippen LogP contribution >= 0.6 is 0 Å². The monoisotopic (exact) mass is 244 g/mol. The molecule has 1 saturated carbocycles. The van der Waals surface area contributed by atoms with Crippen molar-refractivity contribution in [3.63, 3.8) is 0 Å². The number of ether oxygens (including phenoxy) is 1. The molecule has 0 spiro atoms. The highest BCUT2D eigenvalue weighted by Crippen LogP contribution is 2.23. The van der Waals surface area contributed by atoms with Gasteiger partial charge in [0.2, 0.25) is 0 Å². The van der Waals surface area contributed by atoms with E-state index in [4.69, 9.17) is 4.74 Å². The first-order chi connectivity index (χ1) is 8.78. The van der Waals surface area contributed by atoms with Gasteiger partial charge in [0.1, 0.15) is 5.75 Å². The lowest BCUT2D eigenvalue weighted by atomic mass is 10.1. The van der Waals surface area contributed by atoms with Crippen LogP contribution in [0.3, 0.4) is 0 Å². The van der Waals surface area contributed by atoms with Crippen molar-refractivity contribution in [1.82, 2.24) is 10.3 Å². The minimum atomic E-state index is -0.0415. The smallest absolute Gasteiger partial charge is 0.253 e. The number of hydrogen-bond donors (Lipinski definition) is 2. The van der Waals surface area contributed by atoms with E-state index < -0.39 is 0 Å². The third kappa shape index (κ3) is 2.11. The Morgan fingerprint density at radius 2 is 2.28 bits per heavy atom. The zero-order valence-corrected chi connectivity index (χ0v) is 10.3. The summed E-state index contributed by atoms with van der Waals surface area (Å²) >= 11 is 0. The third-order valence-corrected chi connectivity index (χ3v) is 3.30. The average Bonchev–Trinajstić information content (AvgIpc) is 3.19. The van der Waals surface area contributed by atoms with Crippen LogP contribution in [0.4, 0.5) is 0 Å². The van der Waals surface area contributed by atoms with Crippen LogP contribution < -0.4 is 15.6 Å². The number of pyridine rings is 1. The standard InChI is InChI=1S/C14H16N2O2/c1-18-12-4-2-3-9-7-10(8-15-11-5-6-11)14(17)16-13(9)12/h2-4,7,11,15H,5-6,8H2,1H3,(H,16,17). The summed E-state index contributed by atoms with van der Waals surface area (Å²) in [6.45, 7) is 0.632. The quantitative estimate of drug-likeness (QED) is 0.862. The Hall–Kier alpha value is -1.81. The van der Waals surface area contributed by atoms with Crippen LogP contribution in [-0.4, -0.2) is 18.1 Å². The Balaban J connectivity index is 2.00. The molecule has 18 heavy (non-hydrogen) atoms. The number of nitrogens with one attached hydrogen (secondary N) is 2. The summed E-state index contributed by atoms with van der Waals surface area (Å²) in [6.07, 6.45) is 2.44. The molecule has 1 aliphatic rings. The molecular weight excluding hydrogens is 228 g/mol. The largest absolute Gasteiger partial charge is 0.495 e. The van der Waals surface area contributed by atoms with Crippen LogP contribution in [0.5, 0.6) is 5.75 Å². The summed E-state index contributed by atoms with van der Waals surface area (Å²) in [5.41, 5.74) is 1.50. The lowest BCUT2D eigenvalue weighted by Crippen LogP contribution is -2.22. The molecule has 0 aliphatic heterocycles. The van der Waals surface area contributed by atoms with E-state index in [1.54, 1.807) is 7.11 Å². The Morgan fingerprint density at radius 3 is 3.00 bits per heavy atom. The van der Waals surface area contributed by atoms with E-state index in [9.17, 15) is 4.79 Å². The first kappa shape index (κ1) is 11.3. The molecule has 2 N–H and O–H groups in total. The van der Waals surface area contributed by atoms with Crippen molar-refractivity contribution in [2.45, 2.75) is 25.4 Å². The second kappa shape index (κ2) is 4.46. The van der Waals surface area contributed by atoms with Gasteiger partial charge in [0.05, 0.1) is 12.6 Å². The lowest BCUT2D eigenvalue weighted by Gasteiger charge is -2.07. The van der Waals surface area contributed by atoms with E-state index >= 15 is 0 Å². The molecule has 1 aliphatic carbocycles. The number of methoxy groups -OCH3 is 1. The molecule has 3 rings (SSSR count). The van der Waals surface area contributed by atoms with E-state index in [-0.39, 0.29) is 5.56 Å². The summed E-state index contributed by atoms with van der Waals surface area (Å²) in [7, 11) is 1.61. The highest BCUT2D eigenvalue weighted by atomic mass is 16.5. The fourth-order valence-electron chi connectivity index (χ4n) is 2.09. The predicted octanol–water partition coefficient (Wildman–Crippen LogP) is 1.79. The molecule has 4 heteroatoms. The van der Waals surface area contributed by atoms with Gasteiger partial charge in [-0.3, -0.25) is 4.79 Å². The van der Waals surface area contributed by atoms with E-state index in [0.29, 0.717) is 18.3 Å².